The normalized spacial score (nSPS) is 11.3. The molecular formula is C13H8ClF3N2O2. The highest BCUT2D eigenvalue weighted by molar-refractivity contribution is 6.30. The lowest BCUT2D eigenvalue weighted by atomic mass is 10.1. The summed E-state index contributed by atoms with van der Waals surface area (Å²) in [5, 5.41) is 0.397. The van der Waals surface area contributed by atoms with Crippen molar-refractivity contribution < 1.29 is 22.7 Å². The molecule has 0 fully saturated rings. The van der Waals surface area contributed by atoms with Gasteiger partial charge < -0.3 is 4.74 Å². The summed E-state index contributed by atoms with van der Waals surface area (Å²) < 4.78 is 42.9. The number of ether oxygens (including phenoxy) is 1. The van der Waals surface area contributed by atoms with E-state index in [1.54, 1.807) is 0 Å². The van der Waals surface area contributed by atoms with E-state index in [-0.39, 0.29) is 11.4 Å². The summed E-state index contributed by atoms with van der Waals surface area (Å²) in [6, 6.07) is 6.26. The molecule has 4 nitrogen and oxygen atoms in total. The lowest BCUT2D eigenvalue weighted by Crippen LogP contribution is -2.15. The standard InChI is InChI=1S/C13H8ClF3N2O2/c1-21-10-6-9(13(15,16)17)18-12(19-10)11(20)7-2-4-8(14)5-3-7/h2-6H,1H3. The van der Waals surface area contributed by atoms with Crippen LogP contribution in [-0.4, -0.2) is 22.9 Å². The Morgan fingerprint density at radius 1 is 1.19 bits per heavy atom. The van der Waals surface area contributed by atoms with Gasteiger partial charge in [-0.2, -0.15) is 18.2 Å². The highest BCUT2D eigenvalue weighted by Crippen LogP contribution is 2.29. The van der Waals surface area contributed by atoms with E-state index >= 15 is 0 Å². The maximum atomic E-state index is 12.7. The number of aromatic nitrogens is 2. The number of hydrogen-bond acceptors (Lipinski definition) is 4. The van der Waals surface area contributed by atoms with E-state index in [0.717, 1.165) is 7.11 Å². The minimum atomic E-state index is -4.70. The van der Waals surface area contributed by atoms with Crippen molar-refractivity contribution in [3.05, 3.63) is 52.4 Å². The van der Waals surface area contributed by atoms with Crippen LogP contribution in [0.1, 0.15) is 21.9 Å². The Morgan fingerprint density at radius 2 is 1.81 bits per heavy atom. The molecule has 0 aliphatic rings. The Kier molecular flexibility index (Phi) is 4.13. The zero-order valence-electron chi connectivity index (χ0n) is 10.6. The van der Waals surface area contributed by atoms with Crippen molar-refractivity contribution in [2.75, 3.05) is 7.11 Å². The fraction of sp³-hybridized carbons (Fsp3) is 0.154. The van der Waals surface area contributed by atoms with Gasteiger partial charge in [-0.25, -0.2) is 4.98 Å². The molecule has 1 aromatic heterocycles. The van der Waals surface area contributed by atoms with Gasteiger partial charge in [0.05, 0.1) is 7.11 Å². The molecular weight excluding hydrogens is 309 g/mol. The summed E-state index contributed by atoms with van der Waals surface area (Å²) >= 11 is 5.68. The topological polar surface area (TPSA) is 52.1 Å². The smallest absolute Gasteiger partial charge is 0.433 e. The predicted molar refractivity (Wildman–Crippen MR) is 68.5 cm³/mol. The molecule has 0 N–H and O–H groups in total. The van der Waals surface area contributed by atoms with Gasteiger partial charge in [-0.3, -0.25) is 4.79 Å². The summed E-state index contributed by atoms with van der Waals surface area (Å²) in [6.07, 6.45) is -4.70. The Hall–Kier alpha value is -2.15. The second-order valence-corrected chi connectivity index (χ2v) is 4.39. The lowest BCUT2D eigenvalue weighted by Gasteiger charge is -2.09. The van der Waals surface area contributed by atoms with Crippen molar-refractivity contribution in [1.82, 2.24) is 9.97 Å². The third-order valence-electron chi connectivity index (χ3n) is 2.51. The van der Waals surface area contributed by atoms with Crippen LogP contribution < -0.4 is 4.74 Å². The summed E-state index contributed by atoms with van der Waals surface area (Å²) in [7, 11) is 1.15. The molecule has 0 spiro atoms. The van der Waals surface area contributed by atoms with Crippen molar-refractivity contribution in [1.29, 1.82) is 0 Å². The van der Waals surface area contributed by atoms with Gasteiger partial charge in [0, 0.05) is 16.7 Å². The first-order valence-electron chi connectivity index (χ1n) is 5.62. The minimum Gasteiger partial charge on any atom is -0.481 e. The third kappa shape index (κ3) is 3.49. The molecule has 2 aromatic rings. The van der Waals surface area contributed by atoms with Gasteiger partial charge in [0.15, 0.2) is 5.69 Å². The third-order valence-corrected chi connectivity index (χ3v) is 2.76. The molecule has 110 valence electrons. The second-order valence-electron chi connectivity index (χ2n) is 3.95. The van der Waals surface area contributed by atoms with E-state index in [4.69, 9.17) is 11.6 Å². The molecule has 2 rings (SSSR count). The fourth-order valence-corrected chi connectivity index (χ4v) is 1.63. The van der Waals surface area contributed by atoms with Crippen LogP contribution >= 0.6 is 11.6 Å². The van der Waals surface area contributed by atoms with Crippen LogP contribution in [0.4, 0.5) is 13.2 Å². The van der Waals surface area contributed by atoms with E-state index in [1.165, 1.54) is 24.3 Å². The Labute approximate surface area is 122 Å². The minimum absolute atomic E-state index is 0.126. The van der Waals surface area contributed by atoms with Crippen LogP contribution in [0, 0.1) is 0 Å². The molecule has 0 radical (unpaired) electrons. The predicted octanol–water partition coefficient (Wildman–Crippen LogP) is 3.39. The Morgan fingerprint density at radius 3 is 2.33 bits per heavy atom. The van der Waals surface area contributed by atoms with Crippen LogP contribution in [0.5, 0.6) is 5.88 Å². The molecule has 0 unspecified atom stereocenters. The van der Waals surface area contributed by atoms with E-state index < -0.39 is 23.5 Å². The number of rotatable bonds is 3. The van der Waals surface area contributed by atoms with Crippen molar-refractivity contribution in [2.45, 2.75) is 6.18 Å². The fourth-order valence-electron chi connectivity index (χ4n) is 1.51. The van der Waals surface area contributed by atoms with E-state index in [1.807, 2.05) is 0 Å². The number of alkyl halides is 3. The molecule has 0 aliphatic heterocycles. The maximum Gasteiger partial charge on any atom is 0.433 e. The zero-order valence-corrected chi connectivity index (χ0v) is 11.4. The molecule has 0 saturated carbocycles. The number of carbonyl (C=O) groups excluding carboxylic acids is 1. The molecule has 0 atom stereocenters. The van der Waals surface area contributed by atoms with E-state index in [9.17, 15) is 18.0 Å². The average Bonchev–Trinajstić information content (AvgIpc) is 2.46. The average molecular weight is 317 g/mol. The van der Waals surface area contributed by atoms with Gasteiger partial charge in [-0.15, -0.1) is 0 Å². The zero-order chi connectivity index (χ0) is 15.6. The van der Waals surface area contributed by atoms with Crippen molar-refractivity contribution in [2.24, 2.45) is 0 Å². The molecule has 21 heavy (non-hydrogen) atoms. The van der Waals surface area contributed by atoms with Crippen molar-refractivity contribution in [3.63, 3.8) is 0 Å². The summed E-state index contributed by atoms with van der Waals surface area (Å²) in [5.41, 5.74) is -1.12. The van der Waals surface area contributed by atoms with Crippen LogP contribution in [-0.2, 0) is 6.18 Å². The highest BCUT2D eigenvalue weighted by Gasteiger charge is 2.34. The maximum absolute atomic E-state index is 12.7. The van der Waals surface area contributed by atoms with Crippen LogP contribution in [0.2, 0.25) is 5.02 Å². The quantitative estimate of drug-likeness (QED) is 0.815. The van der Waals surface area contributed by atoms with Gasteiger partial charge in [-0.05, 0) is 24.3 Å². The highest BCUT2D eigenvalue weighted by atomic mass is 35.5. The van der Waals surface area contributed by atoms with Crippen molar-refractivity contribution in [3.8, 4) is 5.88 Å². The van der Waals surface area contributed by atoms with E-state index in [0.29, 0.717) is 11.1 Å². The lowest BCUT2D eigenvalue weighted by molar-refractivity contribution is -0.141. The SMILES string of the molecule is COc1cc(C(F)(F)F)nc(C(=O)c2ccc(Cl)cc2)n1. The Bertz CT molecular complexity index is 672. The first-order valence-corrected chi connectivity index (χ1v) is 5.99. The first-order chi connectivity index (χ1) is 9.81. The van der Waals surface area contributed by atoms with Crippen LogP contribution in [0.25, 0.3) is 0 Å². The van der Waals surface area contributed by atoms with Crippen molar-refractivity contribution >= 4 is 17.4 Å². The molecule has 0 amide bonds. The number of methoxy groups -OCH3 is 1. The number of benzene rings is 1. The van der Waals surface area contributed by atoms with Gasteiger partial charge in [0.1, 0.15) is 0 Å². The van der Waals surface area contributed by atoms with Crippen LogP contribution in [0.3, 0.4) is 0 Å². The molecule has 8 heteroatoms. The molecule has 1 heterocycles. The Balaban J connectivity index is 2.47. The number of halogens is 4. The van der Waals surface area contributed by atoms with Crippen LogP contribution in [0.15, 0.2) is 30.3 Å². The van der Waals surface area contributed by atoms with Gasteiger partial charge >= 0.3 is 6.18 Å². The molecule has 0 saturated heterocycles. The van der Waals surface area contributed by atoms with Gasteiger partial charge in [0.25, 0.3) is 0 Å². The summed E-state index contributed by atoms with van der Waals surface area (Å²) in [4.78, 5) is 19.0. The first kappa shape index (κ1) is 15.2. The number of hydrogen-bond donors (Lipinski definition) is 0. The summed E-state index contributed by atoms with van der Waals surface area (Å²) in [6.45, 7) is 0. The second kappa shape index (κ2) is 5.69. The number of ketones is 1. The molecule has 0 aliphatic carbocycles. The largest absolute Gasteiger partial charge is 0.481 e. The number of carbonyl (C=O) groups is 1. The van der Waals surface area contributed by atoms with Gasteiger partial charge in [0.2, 0.25) is 17.5 Å². The molecule has 1 aromatic carbocycles. The van der Waals surface area contributed by atoms with Gasteiger partial charge in [-0.1, -0.05) is 11.6 Å². The number of nitrogens with zero attached hydrogens (tertiary/aromatic N) is 2. The summed E-state index contributed by atoms with van der Waals surface area (Å²) in [5.74, 6) is -1.69. The molecule has 0 bridgehead atoms. The van der Waals surface area contributed by atoms with E-state index in [2.05, 4.69) is 14.7 Å². The monoisotopic (exact) mass is 316 g/mol.